The molecule has 17 heavy (non-hydrogen) atoms. The van der Waals surface area contributed by atoms with Crippen LogP contribution in [0.15, 0.2) is 30.9 Å². The van der Waals surface area contributed by atoms with E-state index in [9.17, 15) is 4.79 Å². The van der Waals surface area contributed by atoms with Gasteiger partial charge in [-0.25, -0.2) is 0 Å². The molecule has 0 atom stereocenters. The number of hydrogen-bond acceptors (Lipinski definition) is 1. The predicted molar refractivity (Wildman–Crippen MR) is 73.2 cm³/mol. The van der Waals surface area contributed by atoms with Crippen molar-refractivity contribution >= 4 is 17.9 Å². The van der Waals surface area contributed by atoms with E-state index in [-0.39, 0.29) is 11.7 Å². The minimum atomic E-state index is -0.000187. The average molecular weight is 229 g/mol. The highest BCUT2D eigenvalue weighted by molar-refractivity contribution is 5.95. The molecule has 0 aliphatic rings. The maximum Gasteiger partial charge on any atom is 0.181 e. The molecule has 0 fully saturated rings. The summed E-state index contributed by atoms with van der Waals surface area (Å²) in [6, 6.07) is 1.87. The number of carbonyl (C=O) groups is 1. The van der Waals surface area contributed by atoms with Crippen molar-refractivity contribution in [2.75, 3.05) is 0 Å². The summed E-state index contributed by atoms with van der Waals surface area (Å²) in [5, 5.41) is 1.93. The van der Waals surface area contributed by atoms with Gasteiger partial charge in [-0.2, -0.15) is 0 Å². The largest absolute Gasteiger partial charge is 0.352 e. The van der Waals surface area contributed by atoms with Crippen molar-refractivity contribution in [1.82, 2.24) is 4.98 Å². The molecule has 1 aromatic rings. The van der Waals surface area contributed by atoms with E-state index >= 15 is 0 Å². The Morgan fingerprint density at radius 2 is 2.12 bits per heavy atom. The van der Waals surface area contributed by atoms with Gasteiger partial charge >= 0.3 is 0 Å². The Hall–Kier alpha value is -1.83. The molecule has 0 saturated carbocycles. The van der Waals surface area contributed by atoms with Crippen molar-refractivity contribution in [2.24, 2.45) is 5.92 Å². The molecule has 0 aliphatic carbocycles. The van der Waals surface area contributed by atoms with Gasteiger partial charge in [-0.3, -0.25) is 4.79 Å². The second-order valence-electron chi connectivity index (χ2n) is 4.17. The van der Waals surface area contributed by atoms with Crippen LogP contribution in [0.2, 0.25) is 0 Å². The zero-order valence-corrected chi connectivity index (χ0v) is 10.7. The lowest BCUT2D eigenvalue weighted by molar-refractivity contribution is 0.0935. The maximum absolute atomic E-state index is 11.9. The monoisotopic (exact) mass is 229 g/mol. The highest BCUT2D eigenvalue weighted by Gasteiger charge is 2.11. The van der Waals surface area contributed by atoms with Gasteiger partial charge in [-0.1, -0.05) is 44.7 Å². The summed E-state index contributed by atoms with van der Waals surface area (Å²) in [6.07, 6.45) is 9.45. The van der Waals surface area contributed by atoms with Crippen LogP contribution >= 0.6 is 0 Å². The molecule has 0 radical (unpaired) electrons. The summed E-state index contributed by atoms with van der Waals surface area (Å²) in [5.74, 6) is 0.128. The zero-order valence-electron chi connectivity index (χ0n) is 10.7. The van der Waals surface area contributed by atoms with E-state index in [4.69, 9.17) is 0 Å². The normalized spacial score (nSPS) is 13.9. The Morgan fingerprint density at radius 3 is 2.65 bits per heavy atom. The smallest absolute Gasteiger partial charge is 0.181 e. The van der Waals surface area contributed by atoms with Gasteiger partial charge < -0.3 is 4.98 Å². The quantitative estimate of drug-likeness (QED) is 0.789. The Bertz CT molecular complexity index is 544. The first-order valence-electron chi connectivity index (χ1n) is 5.79. The van der Waals surface area contributed by atoms with Gasteiger partial charge in [0.15, 0.2) is 5.78 Å². The van der Waals surface area contributed by atoms with Crippen molar-refractivity contribution in [3.8, 4) is 0 Å². The van der Waals surface area contributed by atoms with E-state index in [0.717, 1.165) is 10.6 Å². The maximum atomic E-state index is 11.9. The van der Waals surface area contributed by atoms with Gasteiger partial charge in [0, 0.05) is 16.5 Å². The second kappa shape index (κ2) is 6.04. The van der Waals surface area contributed by atoms with Gasteiger partial charge in [0.1, 0.15) is 0 Å². The second-order valence-corrected chi connectivity index (χ2v) is 4.17. The minimum absolute atomic E-state index is 0.000187. The zero-order chi connectivity index (χ0) is 12.8. The summed E-state index contributed by atoms with van der Waals surface area (Å²) in [7, 11) is 0. The molecule has 2 heteroatoms. The number of aromatic amines is 1. The van der Waals surface area contributed by atoms with Gasteiger partial charge in [-0.05, 0) is 19.1 Å². The van der Waals surface area contributed by atoms with Crippen molar-refractivity contribution in [1.29, 1.82) is 0 Å². The van der Waals surface area contributed by atoms with Gasteiger partial charge in [0.2, 0.25) is 0 Å². The number of carbonyl (C=O) groups excluding carboxylic acids is 1. The van der Waals surface area contributed by atoms with Crippen LogP contribution in [0, 0.1) is 5.92 Å². The first-order chi connectivity index (χ1) is 8.10. The van der Waals surface area contributed by atoms with E-state index in [1.54, 1.807) is 6.08 Å². The van der Waals surface area contributed by atoms with E-state index < -0.39 is 0 Å². The Kier molecular flexibility index (Phi) is 4.70. The first-order valence-corrected chi connectivity index (χ1v) is 5.79. The molecule has 0 spiro atoms. The standard InChI is InChI=1S/C15H19NO/c1-5-7-9-13-12(8-6-2)10-14(16-13)15(17)11(3)4/h5-11,16H,2H2,1,3-4H3/b7-5-,12-8-,13-9+. The fourth-order valence-corrected chi connectivity index (χ4v) is 1.53. The Labute approximate surface area is 102 Å². The van der Waals surface area contributed by atoms with Crippen LogP contribution in [0.3, 0.4) is 0 Å². The summed E-state index contributed by atoms with van der Waals surface area (Å²) in [4.78, 5) is 15.0. The van der Waals surface area contributed by atoms with Crippen LogP contribution in [0.1, 0.15) is 31.3 Å². The SMILES string of the molecule is C=C/C=c1/cc(C(=O)C(C)C)[nH]/c1=C/C=C\C. The number of aromatic nitrogens is 1. The molecule has 2 nitrogen and oxygen atoms in total. The molecule has 1 N–H and O–H groups in total. The number of nitrogens with one attached hydrogen (secondary N) is 1. The molecule has 1 heterocycles. The fourth-order valence-electron chi connectivity index (χ4n) is 1.53. The number of allylic oxidation sites excluding steroid dienone is 3. The average Bonchev–Trinajstić information content (AvgIpc) is 2.69. The highest BCUT2D eigenvalue weighted by Crippen LogP contribution is 2.01. The third-order valence-electron chi connectivity index (χ3n) is 2.42. The van der Waals surface area contributed by atoms with Gasteiger partial charge in [-0.15, -0.1) is 0 Å². The van der Waals surface area contributed by atoms with Crippen LogP contribution in [-0.2, 0) is 0 Å². The molecule has 0 bridgehead atoms. The summed E-state index contributed by atoms with van der Waals surface area (Å²) < 4.78 is 0. The van der Waals surface area contributed by atoms with E-state index in [2.05, 4.69) is 11.6 Å². The Balaban J connectivity index is 3.37. The van der Waals surface area contributed by atoms with Crippen molar-refractivity contribution in [2.45, 2.75) is 20.8 Å². The number of H-pyrrole nitrogens is 1. The van der Waals surface area contributed by atoms with Crippen LogP contribution in [-0.4, -0.2) is 10.8 Å². The summed E-state index contributed by atoms with van der Waals surface area (Å²) >= 11 is 0. The van der Waals surface area contributed by atoms with Crippen molar-refractivity contribution in [3.05, 3.63) is 47.1 Å². The minimum Gasteiger partial charge on any atom is -0.352 e. The number of Topliss-reactive ketones (excluding diaryl/α,β-unsaturated/α-hetero) is 1. The van der Waals surface area contributed by atoms with Gasteiger partial charge in [0.05, 0.1) is 5.69 Å². The predicted octanol–water partition coefficient (Wildman–Crippen LogP) is 2.18. The van der Waals surface area contributed by atoms with Gasteiger partial charge in [0.25, 0.3) is 0 Å². The van der Waals surface area contributed by atoms with E-state index in [1.807, 2.05) is 51.1 Å². The molecule has 0 aliphatic heterocycles. The lowest BCUT2D eigenvalue weighted by atomic mass is 10.1. The molecule has 1 rings (SSSR count). The van der Waals surface area contributed by atoms with Crippen LogP contribution in [0.4, 0.5) is 0 Å². The fraction of sp³-hybridized carbons (Fsp3) is 0.267. The lowest BCUT2D eigenvalue weighted by Gasteiger charge is -1.99. The number of ketones is 1. The summed E-state index contributed by atoms with van der Waals surface area (Å²) in [6.45, 7) is 9.43. The van der Waals surface area contributed by atoms with Crippen LogP contribution < -0.4 is 10.6 Å². The van der Waals surface area contributed by atoms with Crippen molar-refractivity contribution < 1.29 is 4.79 Å². The number of rotatable bonds is 4. The molecule has 90 valence electrons. The van der Waals surface area contributed by atoms with Crippen molar-refractivity contribution in [3.63, 3.8) is 0 Å². The van der Waals surface area contributed by atoms with E-state index in [0.29, 0.717) is 5.69 Å². The molecular formula is C15H19NO. The lowest BCUT2D eigenvalue weighted by Crippen LogP contribution is -2.21. The topological polar surface area (TPSA) is 32.9 Å². The number of hydrogen-bond donors (Lipinski definition) is 1. The molecule has 0 amide bonds. The molecular weight excluding hydrogens is 210 g/mol. The first kappa shape index (κ1) is 13.2. The van der Waals surface area contributed by atoms with E-state index in [1.165, 1.54) is 0 Å². The highest BCUT2D eigenvalue weighted by atomic mass is 16.1. The summed E-state index contributed by atoms with van der Waals surface area (Å²) in [5.41, 5.74) is 0.656. The van der Waals surface area contributed by atoms with Crippen LogP contribution in [0.5, 0.6) is 0 Å². The molecule has 0 saturated heterocycles. The third kappa shape index (κ3) is 3.31. The molecule has 1 aromatic heterocycles. The molecule has 0 aromatic carbocycles. The third-order valence-corrected chi connectivity index (χ3v) is 2.42. The molecule has 0 unspecified atom stereocenters. The Morgan fingerprint density at radius 1 is 1.41 bits per heavy atom. The van der Waals surface area contributed by atoms with Crippen LogP contribution in [0.25, 0.3) is 12.2 Å².